The van der Waals surface area contributed by atoms with Crippen LogP contribution in [0.3, 0.4) is 0 Å². The molecule has 1 saturated carbocycles. The SMILES string of the molecule is C[C@H](Oc1ccc(Cl)cc1C1CCCCC1)C(=O)N[C@H]1CCS(=O)(=O)C1. The molecular weight excluding hydrogens is 374 g/mol. The molecule has 1 aliphatic heterocycles. The summed E-state index contributed by atoms with van der Waals surface area (Å²) in [7, 11) is -3.02. The molecule has 2 fully saturated rings. The Morgan fingerprint density at radius 1 is 1.23 bits per heavy atom. The van der Waals surface area contributed by atoms with E-state index in [0.717, 1.165) is 18.4 Å². The van der Waals surface area contributed by atoms with Crippen LogP contribution in [0.25, 0.3) is 0 Å². The monoisotopic (exact) mass is 399 g/mol. The summed E-state index contributed by atoms with van der Waals surface area (Å²) < 4.78 is 29.0. The quantitative estimate of drug-likeness (QED) is 0.822. The second-order valence-electron chi connectivity index (χ2n) is 7.39. The number of carbonyl (C=O) groups excluding carboxylic acids is 1. The summed E-state index contributed by atoms with van der Waals surface area (Å²) in [6.45, 7) is 1.69. The fourth-order valence-electron chi connectivity index (χ4n) is 3.83. The van der Waals surface area contributed by atoms with Crippen molar-refractivity contribution >= 4 is 27.3 Å². The van der Waals surface area contributed by atoms with E-state index in [4.69, 9.17) is 16.3 Å². The molecule has 0 bridgehead atoms. The van der Waals surface area contributed by atoms with Crippen molar-refractivity contribution in [3.63, 3.8) is 0 Å². The highest BCUT2D eigenvalue weighted by atomic mass is 35.5. The zero-order valence-corrected chi connectivity index (χ0v) is 16.6. The van der Waals surface area contributed by atoms with Gasteiger partial charge in [-0.1, -0.05) is 30.9 Å². The van der Waals surface area contributed by atoms with Crippen molar-refractivity contribution in [3.8, 4) is 5.75 Å². The molecule has 1 N–H and O–H groups in total. The maximum Gasteiger partial charge on any atom is 0.261 e. The Labute approximate surface area is 160 Å². The number of hydrogen-bond donors (Lipinski definition) is 1. The molecule has 1 aromatic rings. The van der Waals surface area contributed by atoms with Crippen LogP contribution in [-0.4, -0.2) is 38.0 Å². The summed E-state index contributed by atoms with van der Waals surface area (Å²) in [6.07, 6.45) is 5.65. The van der Waals surface area contributed by atoms with Crippen molar-refractivity contribution in [3.05, 3.63) is 28.8 Å². The molecule has 2 atom stereocenters. The minimum atomic E-state index is -3.02. The van der Waals surface area contributed by atoms with Crippen LogP contribution in [0.15, 0.2) is 18.2 Å². The third-order valence-electron chi connectivity index (χ3n) is 5.27. The highest BCUT2D eigenvalue weighted by Crippen LogP contribution is 2.39. The van der Waals surface area contributed by atoms with Gasteiger partial charge in [-0.2, -0.15) is 0 Å². The van der Waals surface area contributed by atoms with Gasteiger partial charge in [-0.15, -0.1) is 0 Å². The molecule has 1 aliphatic carbocycles. The first-order valence-corrected chi connectivity index (χ1v) is 11.5. The third kappa shape index (κ3) is 4.92. The number of sulfone groups is 1. The number of amides is 1. The van der Waals surface area contributed by atoms with Crippen molar-refractivity contribution in [1.82, 2.24) is 5.32 Å². The van der Waals surface area contributed by atoms with Crippen LogP contribution in [-0.2, 0) is 14.6 Å². The first-order valence-electron chi connectivity index (χ1n) is 9.31. The van der Waals surface area contributed by atoms with Crippen molar-refractivity contribution in [1.29, 1.82) is 0 Å². The molecule has 1 saturated heterocycles. The molecule has 0 unspecified atom stereocenters. The lowest BCUT2D eigenvalue weighted by Crippen LogP contribution is -2.43. The van der Waals surface area contributed by atoms with E-state index < -0.39 is 15.9 Å². The lowest BCUT2D eigenvalue weighted by molar-refractivity contribution is -0.127. The van der Waals surface area contributed by atoms with E-state index in [0.29, 0.717) is 23.1 Å². The minimum Gasteiger partial charge on any atom is -0.481 e. The maximum absolute atomic E-state index is 12.4. The molecule has 1 heterocycles. The van der Waals surface area contributed by atoms with Gasteiger partial charge in [-0.25, -0.2) is 8.42 Å². The van der Waals surface area contributed by atoms with Crippen LogP contribution >= 0.6 is 11.6 Å². The largest absolute Gasteiger partial charge is 0.481 e. The standard InChI is InChI=1S/C19H26ClNO4S/c1-13(19(22)21-16-9-10-26(23,24)12-16)25-18-8-7-15(20)11-17(18)14-5-3-2-4-6-14/h7-8,11,13-14,16H,2-6,9-10,12H2,1H3,(H,21,22)/t13-,16-/m0/s1. The zero-order chi connectivity index (χ0) is 18.7. The van der Waals surface area contributed by atoms with Crippen LogP contribution in [0.2, 0.25) is 5.02 Å². The van der Waals surface area contributed by atoms with E-state index in [1.165, 1.54) is 19.3 Å². The lowest BCUT2D eigenvalue weighted by Gasteiger charge is -2.26. The highest BCUT2D eigenvalue weighted by molar-refractivity contribution is 7.91. The van der Waals surface area contributed by atoms with Gasteiger partial charge in [0, 0.05) is 11.1 Å². The molecular formula is C19H26ClNO4S. The van der Waals surface area contributed by atoms with Gasteiger partial charge in [0.1, 0.15) is 5.75 Å². The number of hydrogen-bond acceptors (Lipinski definition) is 4. The summed E-state index contributed by atoms with van der Waals surface area (Å²) >= 11 is 6.18. The van der Waals surface area contributed by atoms with Crippen molar-refractivity contribution in [2.75, 3.05) is 11.5 Å². The van der Waals surface area contributed by atoms with Gasteiger partial charge >= 0.3 is 0 Å². The second kappa shape index (κ2) is 8.17. The van der Waals surface area contributed by atoms with Gasteiger partial charge in [0.15, 0.2) is 15.9 Å². The van der Waals surface area contributed by atoms with Gasteiger partial charge in [-0.05, 0) is 55.9 Å². The van der Waals surface area contributed by atoms with Crippen LogP contribution < -0.4 is 10.1 Å². The Morgan fingerprint density at radius 2 is 1.96 bits per heavy atom. The summed E-state index contributed by atoms with van der Waals surface area (Å²) in [6, 6.07) is 5.23. The van der Waals surface area contributed by atoms with E-state index >= 15 is 0 Å². The third-order valence-corrected chi connectivity index (χ3v) is 7.27. The van der Waals surface area contributed by atoms with E-state index in [1.807, 2.05) is 12.1 Å². The van der Waals surface area contributed by atoms with Gasteiger partial charge in [-0.3, -0.25) is 4.79 Å². The number of halogens is 1. The van der Waals surface area contributed by atoms with Gasteiger partial charge in [0.05, 0.1) is 11.5 Å². The number of rotatable bonds is 5. The predicted molar refractivity (Wildman–Crippen MR) is 103 cm³/mol. The molecule has 5 nitrogen and oxygen atoms in total. The van der Waals surface area contributed by atoms with Crippen LogP contribution in [0, 0.1) is 0 Å². The molecule has 2 aliphatic rings. The number of ether oxygens (including phenoxy) is 1. The number of benzene rings is 1. The summed E-state index contributed by atoms with van der Waals surface area (Å²) in [5.74, 6) is 0.975. The molecule has 1 aromatic carbocycles. The number of nitrogens with one attached hydrogen (secondary N) is 1. The summed E-state index contributed by atoms with van der Waals surface area (Å²) in [4.78, 5) is 12.4. The first kappa shape index (κ1) is 19.5. The Hall–Kier alpha value is -1.27. The zero-order valence-electron chi connectivity index (χ0n) is 15.0. The minimum absolute atomic E-state index is 0.0136. The molecule has 7 heteroatoms. The van der Waals surface area contributed by atoms with Gasteiger partial charge in [0.2, 0.25) is 0 Å². The van der Waals surface area contributed by atoms with E-state index in [9.17, 15) is 13.2 Å². The van der Waals surface area contributed by atoms with Gasteiger partial charge < -0.3 is 10.1 Å². The van der Waals surface area contributed by atoms with Crippen molar-refractivity contribution in [2.24, 2.45) is 0 Å². The van der Waals surface area contributed by atoms with E-state index in [2.05, 4.69) is 5.32 Å². The normalized spacial score (nSPS) is 24.2. The fraction of sp³-hybridized carbons (Fsp3) is 0.632. The van der Waals surface area contributed by atoms with E-state index in [1.54, 1.807) is 13.0 Å². The molecule has 144 valence electrons. The topological polar surface area (TPSA) is 72.5 Å². The van der Waals surface area contributed by atoms with Crippen LogP contribution in [0.4, 0.5) is 0 Å². The average molecular weight is 400 g/mol. The van der Waals surface area contributed by atoms with Crippen LogP contribution in [0.1, 0.15) is 56.9 Å². The lowest BCUT2D eigenvalue weighted by atomic mass is 9.83. The Morgan fingerprint density at radius 3 is 2.62 bits per heavy atom. The molecule has 3 rings (SSSR count). The second-order valence-corrected chi connectivity index (χ2v) is 10.1. The Kier molecular flexibility index (Phi) is 6.13. The Balaban J connectivity index is 1.66. The molecule has 1 amide bonds. The summed E-state index contributed by atoms with van der Waals surface area (Å²) in [5.41, 5.74) is 1.07. The molecule has 26 heavy (non-hydrogen) atoms. The van der Waals surface area contributed by atoms with Crippen LogP contribution in [0.5, 0.6) is 5.75 Å². The fourth-order valence-corrected chi connectivity index (χ4v) is 5.68. The highest BCUT2D eigenvalue weighted by Gasteiger charge is 2.30. The first-order chi connectivity index (χ1) is 12.3. The molecule has 0 radical (unpaired) electrons. The average Bonchev–Trinajstić information content (AvgIpc) is 2.95. The smallest absolute Gasteiger partial charge is 0.261 e. The van der Waals surface area contributed by atoms with Crippen molar-refractivity contribution in [2.45, 2.75) is 63.5 Å². The van der Waals surface area contributed by atoms with Gasteiger partial charge in [0.25, 0.3) is 5.91 Å². The number of carbonyl (C=O) groups is 1. The predicted octanol–water partition coefficient (Wildman–Crippen LogP) is 3.46. The van der Waals surface area contributed by atoms with Crippen molar-refractivity contribution < 1.29 is 17.9 Å². The maximum atomic E-state index is 12.4. The molecule has 0 spiro atoms. The summed E-state index contributed by atoms with van der Waals surface area (Å²) in [5, 5.41) is 3.47. The van der Waals surface area contributed by atoms with E-state index in [-0.39, 0.29) is 23.5 Å². The Bertz CT molecular complexity index is 759. The molecule has 0 aromatic heterocycles.